The molecule has 1 saturated carbocycles. The molecule has 1 aliphatic heterocycles. The van der Waals surface area contributed by atoms with Crippen LogP contribution in [0.25, 0.3) is 10.8 Å². The van der Waals surface area contributed by atoms with Gasteiger partial charge in [-0.15, -0.1) is 0 Å². The number of rotatable bonds is 7. The van der Waals surface area contributed by atoms with E-state index in [9.17, 15) is 14.4 Å². The molecule has 2 aliphatic rings. The predicted molar refractivity (Wildman–Crippen MR) is 142 cm³/mol. The van der Waals surface area contributed by atoms with E-state index in [2.05, 4.69) is 5.32 Å². The maximum absolute atomic E-state index is 13.8. The van der Waals surface area contributed by atoms with Crippen LogP contribution >= 0.6 is 11.6 Å². The summed E-state index contributed by atoms with van der Waals surface area (Å²) in [5.74, 6) is -0.641. The summed E-state index contributed by atoms with van der Waals surface area (Å²) in [6.07, 6.45) is 5.34. The van der Waals surface area contributed by atoms with Crippen LogP contribution in [-0.4, -0.2) is 41.2 Å². The van der Waals surface area contributed by atoms with Crippen LogP contribution in [0.2, 0.25) is 5.02 Å². The quantitative estimate of drug-likeness (QED) is 0.474. The maximum atomic E-state index is 13.8. The van der Waals surface area contributed by atoms with E-state index in [1.54, 1.807) is 30.0 Å². The lowest BCUT2D eigenvalue weighted by Gasteiger charge is -2.32. The van der Waals surface area contributed by atoms with Crippen LogP contribution in [0.15, 0.2) is 60.7 Å². The van der Waals surface area contributed by atoms with Crippen LogP contribution in [0.4, 0.5) is 5.69 Å². The van der Waals surface area contributed by atoms with Gasteiger partial charge >= 0.3 is 0 Å². The molecule has 1 fully saturated rings. The Morgan fingerprint density at radius 3 is 2.44 bits per heavy atom. The van der Waals surface area contributed by atoms with Gasteiger partial charge in [0, 0.05) is 28.6 Å². The van der Waals surface area contributed by atoms with Crippen LogP contribution in [-0.2, 0) is 16.1 Å². The number of carbonyl (C=O) groups is 3. The second-order valence-corrected chi connectivity index (χ2v) is 10.2. The van der Waals surface area contributed by atoms with E-state index in [1.165, 1.54) is 11.3 Å². The first-order chi connectivity index (χ1) is 17.4. The Bertz CT molecular complexity index is 1300. The number of nitrogens with one attached hydrogen (secondary N) is 1. The van der Waals surface area contributed by atoms with Gasteiger partial charge in [0.15, 0.2) is 0 Å². The average Bonchev–Trinajstić information content (AvgIpc) is 3.16. The van der Waals surface area contributed by atoms with Gasteiger partial charge in [-0.05, 0) is 55.0 Å². The Balaban J connectivity index is 1.39. The van der Waals surface area contributed by atoms with E-state index in [0.717, 1.165) is 47.7 Å². The Hall–Kier alpha value is -3.38. The summed E-state index contributed by atoms with van der Waals surface area (Å²) >= 11 is 6.06. The van der Waals surface area contributed by atoms with Crippen molar-refractivity contribution in [2.24, 2.45) is 0 Å². The molecule has 1 aliphatic carbocycles. The Labute approximate surface area is 216 Å². The molecule has 1 N–H and O–H groups in total. The minimum Gasteiger partial charge on any atom is -0.352 e. The summed E-state index contributed by atoms with van der Waals surface area (Å²) in [4.78, 5) is 43.3. The minimum absolute atomic E-state index is 0.138. The molecule has 0 bridgehead atoms. The zero-order valence-electron chi connectivity index (χ0n) is 20.4. The van der Waals surface area contributed by atoms with Gasteiger partial charge in [-0.3, -0.25) is 19.3 Å². The molecule has 0 unspecified atom stereocenters. The normalized spacial score (nSPS) is 16.3. The van der Waals surface area contributed by atoms with Crippen LogP contribution in [0.1, 0.15) is 54.9 Å². The van der Waals surface area contributed by atoms with Crippen molar-refractivity contribution in [1.29, 1.82) is 0 Å². The van der Waals surface area contributed by atoms with Crippen molar-refractivity contribution >= 4 is 45.8 Å². The highest BCUT2D eigenvalue weighted by atomic mass is 35.5. The maximum Gasteiger partial charge on any atom is 0.259 e. The highest BCUT2D eigenvalue weighted by Crippen LogP contribution is 2.37. The summed E-state index contributed by atoms with van der Waals surface area (Å²) < 4.78 is 0. The second kappa shape index (κ2) is 10.3. The first-order valence-electron chi connectivity index (χ1n) is 12.6. The fourth-order valence-electron chi connectivity index (χ4n) is 5.30. The van der Waals surface area contributed by atoms with Gasteiger partial charge < -0.3 is 10.2 Å². The molecule has 5 rings (SSSR count). The van der Waals surface area contributed by atoms with Gasteiger partial charge in [0.05, 0.1) is 5.69 Å². The fourth-order valence-corrected chi connectivity index (χ4v) is 5.43. The Morgan fingerprint density at radius 2 is 1.72 bits per heavy atom. The van der Waals surface area contributed by atoms with Gasteiger partial charge in [0.2, 0.25) is 11.8 Å². The molecule has 1 heterocycles. The highest BCUT2D eigenvalue weighted by Gasteiger charge is 2.34. The van der Waals surface area contributed by atoms with Gasteiger partial charge in [0.1, 0.15) is 12.6 Å². The summed E-state index contributed by atoms with van der Waals surface area (Å²) in [7, 11) is 0. The molecule has 0 aromatic heterocycles. The zero-order valence-corrected chi connectivity index (χ0v) is 21.1. The van der Waals surface area contributed by atoms with Crippen molar-refractivity contribution in [3.63, 3.8) is 0 Å². The lowest BCUT2D eigenvalue weighted by atomic mass is 9.95. The average molecular weight is 504 g/mol. The van der Waals surface area contributed by atoms with Crippen molar-refractivity contribution in [3.8, 4) is 0 Å². The van der Waals surface area contributed by atoms with Crippen molar-refractivity contribution in [2.45, 2.75) is 57.7 Å². The van der Waals surface area contributed by atoms with E-state index < -0.39 is 6.04 Å². The van der Waals surface area contributed by atoms with E-state index >= 15 is 0 Å². The summed E-state index contributed by atoms with van der Waals surface area (Å²) in [5, 5.41) is 5.58. The van der Waals surface area contributed by atoms with Crippen LogP contribution < -0.4 is 10.2 Å². The first-order valence-corrected chi connectivity index (χ1v) is 13.0. The summed E-state index contributed by atoms with van der Waals surface area (Å²) in [5.41, 5.74) is 2.19. The van der Waals surface area contributed by atoms with Gasteiger partial charge in [-0.2, -0.15) is 0 Å². The van der Waals surface area contributed by atoms with Gasteiger partial charge in [0.25, 0.3) is 5.91 Å². The number of amides is 3. The van der Waals surface area contributed by atoms with Crippen LogP contribution in [0.3, 0.4) is 0 Å². The molecule has 7 heteroatoms. The number of hydrogen-bond acceptors (Lipinski definition) is 3. The largest absolute Gasteiger partial charge is 0.352 e. The van der Waals surface area contributed by atoms with E-state index in [1.807, 2.05) is 42.5 Å². The van der Waals surface area contributed by atoms with Crippen molar-refractivity contribution in [2.75, 3.05) is 11.4 Å². The molecule has 1 atom stereocenters. The first kappa shape index (κ1) is 24.3. The molecule has 0 saturated heterocycles. The number of hydrogen-bond donors (Lipinski definition) is 1. The van der Waals surface area contributed by atoms with Crippen molar-refractivity contribution in [1.82, 2.24) is 10.2 Å². The highest BCUT2D eigenvalue weighted by molar-refractivity contribution is 6.30. The monoisotopic (exact) mass is 503 g/mol. The standard InChI is InChI=1S/C29H30ClN3O3/c1-19(28(35)31-23-9-3-2-4-10-23)32(17-20-13-15-22(30)16-14-20)26(34)18-33-25-12-6-8-21-7-5-11-24(27(21)25)29(33)36/h5-8,11-16,19,23H,2-4,9-10,17-18H2,1H3,(H,31,35)/t19-/m0/s1. The molecule has 3 aromatic rings. The van der Waals surface area contributed by atoms with Crippen LogP contribution in [0.5, 0.6) is 0 Å². The van der Waals surface area contributed by atoms with Crippen LogP contribution in [0, 0.1) is 0 Å². The molecule has 3 amide bonds. The predicted octanol–water partition coefficient (Wildman–Crippen LogP) is 5.32. The lowest BCUT2D eigenvalue weighted by molar-refractivity contribution is -0.139. The topological polar surface area (TPSA) is 69.7 Å². The molecule has 0 radical (unpaired) electrons. The van der Waals surface area contributed by atoms with Crippen molar-refractivity contribution in [3.05, 3.63) is 76.8 Å². The van der Waals surface area contributed by atoms with E-state index in [4.69, 9.17) is 11.6 Å². The zero-order chi connectivity index (χ0) is 25.2. The molecular formula is C29H30ClN3O3. The molecule has 6 nitrogen and oxygen atoms in total. The van der Waals surface area contributed by atoms with E-state index in [-0.39, 0.29) is 36.9 Å². The molecule has 3 aromatic carbocycles. The fraction of sp³-hybridized carbons (Fsp3) is 0.345. The second-order valence-electron chi connectivity index (χ2n) is 9.74. The van der Waals surface area contributed by atoms with Crippen molar-refractivity contribution < 1.29 is 14.4 Å². The Kier molecular flexibility index (Phi) is 6.97. The summed E-state index contributed by atoms with van der Waals surface area (Å²) in [6.45, 7) is 1.86. The number of benzene rings is 3. The third-order valence-corrected chi connectivity index (χ3v) is 7.58. The lowest BCUT2D eigenvalue weighted by Crippen LogP contribution is -2.52. The number of nitrogens with zero attached hydrogens (tertiary/aromatic N) is 2. The third kappa shape index (κ3) is 4.82. The molecule has 186 valence electrons. The number of anilines is 1. The summed E-state index contributed by atoms with van der Waals surface area (Å²) in [6, 6.07) is 18.0. The molecule has 0 spiro atoms. The molecule has 36 heavy (non-hydrogen) atoms. The van der Waals surface area contributed by atoms with E-state index in [0.29, 0.717) is 10.6 Å². The molecular weight excluding hydrogens is 474 g/mol. The SMILES string of the molecule is C[C@@H](C(=O)NC1CCCCC1)N(Cc1ccc(Cl)cc1)C(=O)CN1C(=O)c2cccc3cccc1c23. The Morgan fingerprint density at radius 1 is 1.03 bits per heavy atom. The van der Waals surface area contributed by atoms with Gasteiger partial charge in [-0.25, -0.2) is 0 Å². The third-order valence-electron chi connectivity index (χ3n) is 7.33. The smallest absolute Gasteiger partial charge is 0.259 e. The van der Waals surface area contributed by atoms with Gasteiger partial charge in [-0.1, -0.05) is 67.3 Å². The number of halogens is 1. The minimum atomic E-state index is -0.689. The number of carbonyl (C=O) groups excluding carboxylic acids is 3.